The van der Waals surface area contributed by atoms with Crippen molar-refractivity contribution in [2.75, 3.05) is 5.32 Å². The summed E-state index contributed by atoms with van der Waals surface area (Å²) >= 11 is 7.16. The SMILES string of the molecule is CC(C)Sc1n[nH]c(NC(=O)c2ccc(Cl)nc2)n1. The average molecular weight is 298 g/mol. The highest BCUT2D eigenvalue weighted by atomic mass is 35.5. The Labute approximate surface area is 119 Å². The summed E-state index contributed by atoms with van der Waals surface area (Å²) in [5.41, 5.74) is 0.402. The Bertz CT molecular complexity index is 569. The molecule has 0 atom stereocenters. The van der Waals surface area contributed by atoms with Gasteiger partial charge in [-0.2, -0.15) is 4.98 Å². The Kier molecular flexibility index (Phi) is 4.39. The largest absolute Gasteiger partial charge is 0.291 e. The standard InChI is InChI=1S/C11H12ClN5OS/c1-6(2)19-11-15-10(16-17-11)14-9(18)7-3-4-8(12)13-5-7/h3-6H,1-2H3,(H2,14,15,16,17,18). The number of nitrogens with zero attached hydrogens (tertiary/aromatic N) is 3. The fraction of sp³-hybridized carbons (Fsp3) is 0.273. The first-order valence-corrected chi connectivity index (χ1v) is 6.82. The molecule has 2 aromatic heterocycles. The number of thioether (sulfide) groups is 1. The summed E-state index contributed by atoms with van der Waals surface area (Å²) in [5.74, 6) is -0.00971. The highest BCUT2D eigenvalue weighted by Crippen LogP contribution is 2.19. The van der Waals surface area contributed by atoms with Crippen LogP contribution in [-0.2, 0) is 0 Å². The Morgan fingerprint density at radius 1 is 1.47 bits per heavy atom. The van der Waals surface area contributed by atoms with Crippen LogP contribution in [0.25, 0.3) is 0 Å². The maximum atomic E-state index is 11.9. The van der Waals surface area contributed by atoms with Gasteiger partial charge in [0.2, 0.25) is 11.1 Å². The Hall–Kier alpha value is -1.60. The second kappa shape index (κ2) is 6.03. The topological polar surface area (TPSA) is 83.6 Å². The molecule has 0 saturated heterocycles. The van der Waals surface area contributed by atoms with Crippen molar-refractivity contribution in [3.05, 3.63) is 29.0 Å². The molecule has 8 heteroatoms. The van der Waals surface area contributed by atoms with E-state index in [-0.39, 0.29) is 5.91 Å². The number of halogens is 1. The van der Waals surface area contributed by atoms with Gasteiger partial charge in [0.15, 0.2) is 0 Å². The van der Waals surface area contributed by atoms with E-state index in [9.17, 15) is 4.79 Å². The van der Waals surface area contributed by atoms with Crippen molar-refractivity contribution in [1.29, 1.82) is 0 Å². The first-order valence-electron chi connectivity index (χ1n) is 5.56. The van der Waals surface area contributed by atoms with Crippen LogP contribution >= 0.6 is 23.4 Å². The van der Waals surface area contributed by atoms with Crippen LogP contribution in [0.3, 0.4) is 0 Å². The van der Waals surface area contributed by atoms with Gasteiger partial charge >= 0.3 is 0 Å². The quantitative estimate of drug-likeness (QED) is 0.669. The lowest BCUT2D eigenvalue weighted by Gasteiger charge is -2.00. The molecule has 19 heavy (non-hydrogen) atoms. The van der Waals surface area contributed by atoms with Crippen molar-refractivity contribution in [3.8, 4) is 0 Å². The molecule has 0 aliphatic carbocycles. The summed E-state index contributed by atoms with van der Waals surface area (Å²) in [6.45, 7) is 4.08. The molecule has 0 fully saturated rings. The molecule has 2 heterocycles. The van der Waals surface area contributed by atoms with Crippen LogP contribution in [0.2, 0.25) is 5.15 Å². The number of carbonyl (C=O) groups excluding carboxylic acids is 1. The number of aromatic amines is 1. The zero-order valence-corrected chi connectivity index (χ0v) is 11.9. The van der Waals surface area contributed by atoms with E-state index in [1.807, 2.05) is 13.8 Å². The van der Waals surface area contributed by atoms with Crippen LogP contribution in [0.15, 0.2) is 23.5 Å². The molecule has 0 saturated carbocycles. The van der Waals surface area contributed by atoms with Crippen LogP contribution in [0.4, 0.5) is 5.95 Å². The van der Waals surface area contributed by atoms with Gasteiger partial charge in [-0.3, -0.25) is 10.1 Å². The van der Waals surface area contributed by atoms with E-state index in [1.54, 1.807) is 12.1 Å². The number of pyridine rings is 1. The maximum Gasteiger partial charge on any atom is 0.259 e. The number of amides is 1. The third kappa shape index (κ3) is 3.93. The molecule has 2 rings (SSSR count). The lowest BCUT2D eigenvalue weighted by Crippen LogP contribution is -2.13. The maximum absolute atomic E-state index is 11.9. The Morgan fingerprint density at radius 2 is 2.26 bits per heavy atom. The number of nitrogens with one attached hydrogen (secondary N) is 2. The molecule has 1 amide bonds. The first kappa shape index (κ1) is 13.8. The summed E-state index contributed by atoms with van der Waals surface area (Å²) in [7, 11) is 0. The number of aromatic nitrogens is 4. The van der Waals surface area contributed by atoms with Gasteiger partial charge in [-0.05, 0) is 12.1 Å². The molecule has 0 spiro atoms. The predicted molar refractivity (Wildman–Crippen MR) is 74.6 cm³/mol. The molecule has 2 aromatic rings. The summed E-state index contributed by atoms with van der Waals surface area (Å²) in [4.78, 5) is 19.9. The predicted octanol–water partition coefficient (Wildman–Crippen LogP) is 2.61. The number of hydrogen-bond acceptors (Lipinski definition) is 5. The lowest BCUT2D eigenvalue weighted by molar-refractivity contribution is 0.102. The molecule has 100 valence electrons. The number of H-pyrrole nitrogens is 1. The van der Waals surface area contributed by atoms with Crippen molar-refractivity contribution < 1.29 is 4.79 Å². The van der Waals surface area contributed by atoms with Gasteiger partial charge in [0, 0.05) is 11.4 Å². The second-order valence-corrected chi connectivity index (χ2v) is 5.89. The van der Waals surface area contributed by atoms with Gasteiger partial charge in [-0.1, -0.05) is 37.2 Å². The van der Waals surface area contributed by atoms with Crippen LogP contribution in [0.1, 0.15) is 24.2 Å². The van der Waals surface area contributed by atoms with Crippen molar-refractivity contribution in [1.82, 2.24) is 20.2 Å². The monoisotopic (exact) mass is 297 g/mol. The molecule has 0 unspecified atom stereocenters. The highest BCUT2D eigenvalue weighted by molar-refractivity contribution is 7.99. The minimum atomic E-state index is -0.318. The van der Waals surface area contributed by atoms with E-state index in [0.717, 1.165) is 0 Å². The van der Waals surface area contributed by atoms with Crippen molar-refractivity contribution in [2.24, 2.45) is 0 Å². The van der Waals surface area contributed by atoms with Gasteiger partial charge in [0.1, 0.15) is 5.15 Å². The second-order valence-electron chi connectivity index (χ2n) is 3.96. The fourth-order valence-corrected chi connectivity index (χ4v) is 2.03. The number of hydrogen-bond donors (Lipinski definition) is 2. The molecule has 0 aromatic carbocycles. The van der Waals surface area contributed by atoms with Crippen LogP contribution in [0, 0.1) is 0 Å². The highest BCUT2D eigenvalue weighted by Gasteiger charge is 2.10. The van der Waals surface area contributed by atoms with Gasteiger partial charge in [0.05, 0.1) is 5.56 Å². The number of carbonyl (C=O) groups is 1. The van der Waals surface area contributed by atoms with E-state index in [4.69, 9.17) is 11.6 Å². The van der Waals surface area contributed by atoms with Gasteiger partial charge in [-0.25, -0.2) is 10.1 Å². The molecule has 0 aliphatic rings. The number of rotatable bonds is 4. The van der Waals surface area contributed by atoms with Crippen molar-refractivity contribution in [3.63, 3.8) is 0 Å². The van der Waals surface area contributed by atoms with Crippen molar-refractivity contribution >= 4 is 35.2 Å². The molecule has 2 N–H and O–H groups in total. The zero-order valence-electron chi connectivity index (χ0n) is 10.3. The Balaban J connectivity index is 2.02. The van der Waals surface area contributed by atoms with E-state index >= 15 is 0 Å². The van der Waals surface area contributed by atoms with Crippen LogP contribution < -0.4 is 5.32 Å². The van der Waals surface area contributed by atoms with Crippen LogP contribution in [0.5, 0.6) is 0 Å². The third-order valence-corrected chi connectivity index (χ3v) is 3.12. The minimum absolute atomic E-state index is 0.308. The molecular weight excluding hydrogens is 286 g/mol. The molecular formula is C11H12ClN5OS. The van der Waals surface area contributed by atoms with E-state index in [0.29, 0.717) is 27.1 Å². The smallest absolute Gasteiger partial charge is 0.259 e. The summed E-state index contributed by atoms with van der Waals surface area (Å²) < 4.78 is 0. The van der Waals surface area contributed by atoms with E-state index in [2.05, 4.69) is 25.5 Å². The van der Waals surface area contributed by atoms with Gasteiger partial charge in [0.25, 0.3) is 5.91 Å². The fourth-order valence-electron chi connectivity index (χ4n) is 1.26. The molecule has 0 aliphatic heterocycles. The molecule has 6 nitrogen and oxygen atoms in total. The third-order valence-electron chi connectivity index (χ3n) is 2.03. The van der Waals surface area contributed by atoms with Gasteiger partial charge in [-0.15, -0.1) is 5.10 Å². The van der Waals surface area contributed by atoms with Crippen LogP contribution in [-0.4, -0.2) is 31.3 Å². The summed E-state index contributed by atoms with van der Waals surface area (Å²) in [6, 6.07) is 3.14. The molecule has 0 bridgehead atoms. The summed E-state index contributed by atoms with van der Waals surface area (Å²) in [6.07, 6.45) is 1.40. The van der Waals surface area contributed by atoms with E-state index < -0.39 is 0 Å². The average Bonchev–Trinajstić information content (AvgIpc) is 2.76. The van der Waals surface area contributed by atoms with Crippen molar-refractivity contribution in [2.45, 2.75) is 24.3 Å². The first-order chi connectivity index (χ1) is 9.04. The normalized spacial score (nSPS) is 10.7. The zero-order chi connectivity index (χ0) is 13.8. The minimum Gasteiger partial charge on any atom is -0.291 e. The van der Waals surface area contributed by atoms with E-state index in [1.165, 1.54) is 18.0 Å². The Morgan fingerprint density at radius 3 is 2.89 bits per heavy atom. The molecule has 0 radical (unpaired) electrons. The summed E-state index contributed by atoms with van der Waals surface area (Å²) in [5, 5.41) is 10.6. The number of anilines is 1. The lowest BCUT2D eigenvalue weighted by atomic mass is 10.3. The van der Waals surface area contributed by atoms with Gasteiger partial charge < -0.3 is 0 Å².